The van der Waals surface area contributed by atoms with Crippen LogP contribution in [0.5, 0.6) is 5.75 Å². The summed E-state index contributed by atoms with van der Waals surface area (Å²) in [5.74, 6) is 0.994. The third-order valence-corrected chi connectivity index (χ3v) is 2.96. The second-order valence-electron chi connectivity index (χ2n) is 4.90. The van der Waals surface area contributed by atoms with Crippen LogP contribution in [0.1, 0.15) is 51.9 Å². The van der Waals surface area contributed by atoms with E-state index in [9.17, 15) is 0 Å². The molecule has 2 rings (SSSR count). The first-order valence-corrected chi connectivity index (χ1v) is 7.98. The monoisotopic (exact) mass is 294 g/mol. The maximum Gasteiger partial charge on any atom is 0.119 e. The first-order valence-electron chi connectivity index (χ1n) is 7.98. The average Bonchev–Trinajstić information content (AvgIpc) is 3.42. The number of epoxide rings is 1. The maximum absolute atomic E-state index is 8.00. The minimum Gasteiger partial charge on any atom is -0.494 e. The van der Waals surface area contributed by atoms with E-state index in [-0.39, 0.29) is 0 Å². The number of rotatable bonds is 9. The molecule has 1 saturated heterocycles. The van der Waals surface area contributed by atoms with Crippen LogP contribution in [0.15, 0.2) is 30.3 Å². The van der Waals surface area contributed by atoms with Crippen LogP contribution in [0.3, 0.4) is 0 Å². The van der Waals surface area contributed by atoms with E-state index in [1.54, 1.807) is 0 Å². The maximum atomic E-state index is 8.00. The van der Waals surface area contributed by atoms with Crippen LogP contribution in [0.25, 0.3) is 0 Å². The van der Waals surface area contributed by atoms with Gasteiger partial charge in [0.05, 0.1) is 19.8 Å². The van der Waals surface area contributed by atoms with E-state index in [0.29, 0.717) is 0 Å². The molecular formula is C18H30O3. The highest BCUT2D eigenvalue weighted by Crippen LogP contribution is 2.10. The molecule has 1 aliphatic heterocycles. The Kier molecular flexibility index (Phi) is 15.6. The molecule has 0 unspecified atom stereocenters. The van der Waals surface area contributed by atoms with Gasteiger partial charge in [-0.25, -0.2) is 0 Å². The largest absolute Gasteiger partial charge is 0.494 e. The van der Waals surface area contributed by atoms with Gasteiger partial charge in [-0.15, -0.1) is 0 Å². The zero-order chi connectivity index (χ0) is 15.6. The zero-order valence-corrected chi connectivity index (χ0v) is 13.4. The number of carbonyl (C=O) groups is 1. The molecule has 0 radical (unpaired) electrons. The van der Waals surface area contributed by atoms with Gasteiger partial charge >= 0.3 is 0 Å². The van der Waals surface area contributed by atoms with Gasteiger partial charge in [0.2, 0.25) is 0 Å². The molecule has 1 aromatic carbocycles. The minimum absolute atomic E-state index is 0.859. The molecule has 120 valence electrons. The lowest BCUT2D eigenvalue weighted by Crippen LogP contribution is -1.96. The SMILES string of the molecule is C1CO1.C=O.CCCCCCCCCOc1ccccc1. The average molecular weight is 294 g/mol. The summed E-state index contributed by atoms with van der Waals surface area (Å²) in [7, 11) is 0. The molecule has 3 nitrogen and oxygen atoms in total. The van der Waals surface area contributed by atoms with Gasteiger partial charge in [0.25, 0.3) is 0 Å². The molecule has 1 fully saturated rings. The molecule has 21 heavy (non-hydrogen) atoms. The van der Waals surface area contributed by atoms with E-state index in [4.69, 9.17) is 9.53 Å². The summed E-state index contributed by atoms with van der Waals surface area (Å²) in [5, 5.41) is 0. The molecule has 0 saturated carbocycles. The lowest BCUT2D eigenvalue weighted by molar-refractivity contribution is -0.0979. The van der Waals surface area contributed by atoms with Crippen molar-refractivity contribution in [2.75, 3.05) is 19.8 Å². The number of ether oxygens (including phenoxy) is 2. The number of benzene rings is 1. The molecule has 0 aliphatic carbocycles. The molecule has 0 N–H and O–H groups in total. The molecule has 1 aromatic rings. The fourth-order valence-corrected chi connectivity index (χ4v) is 1.77. The predicted molar refractivity (Wildman–Crippen MR) is 87.9 cm³/mol. The third kappa shape index (κ3) is 16.6. The van der Waals surface area contributed by atoms with Crippen LogP contribution < -0.4 is 4.74 Å². The Labute approximate surface area is 129 Å². The third-order valence-electron chi connectivity index (χ3n) is 2.96. The van der Waals surface area contributed by atoms with E-state index in [1.807, 2.05) is 37.1 Å². The highest BCUT2D eigenvalue weighted by Gasteiger charge is 1.94. The number of hydrogen-bond acceptors (Lipinski definition) is 3. The second kappa shape index (κ2) is 16.7. The van der Waals surface area contributed by atoms with Crippen molar-refractivity contribution in [3.8, 4) is 5.75 Å². The lowest BCUT2D eigenvalue weighted by atomic mass is 10.1. The molecule has 0 spiro atoms. The van der Waals surface area contributed by atoms with Crippen molar-refractivity contribution in [2.24, 2.45) is 0 Å². The van der Waals surface area contributed by atoms with Gasteiger partial charge in [-0.1, -0.05) is 63.6 Å². The fourth-order valence-electron chi connectivity index (χ4n) is 1.77. The molecule has 0 atom stereocenters. The molecule has 0 bridgehead atoms. The van der Waals surface area contributed by atoms with E-state index in [0.717, 1.165) is 25.6 Å². The van der Waals surface area contributed by atoms with Crippen LogP contribution >= 0.6 is 0 Å². The van der Waals surface area contributed by atoms with Gasteiger partial charge < -0.3 is 14.3 Å². The second-order valence-corrected chi connectivity index (χ2v) is 4.90. The number of carbonyl (C=O) groups excluding carboxylic acids is 1. The van der Waals surface area contributed by atoms with Crippen molar-refractivity contribution in [1.29, 1.82) is 0 Å². The normalized spacial score (nSPS) is 11.5. The van der Waals surface area contributed by atoms with E-state index in [2.05, 4.69) is 11.7 Å². The summed E-state index contributed by atoms with van der Waals surface area (Å²) in [5.41, 5.74) is 0. The first-order chi connectivity index (χ1) is 10.4. The van der Waals surface area contributed by atoms with E-state index in [1.165, 1.54) is 44.9 Å². The smallest absolute Gasteiger partial charge is 0.119 e. The molecule has 0 amide bonds. The van der Waals surface area contributed by atoms with Crippen LogP contribution in [-0.4, -0.2) is 26.6 Å². The molecule has 1 aliphatic rings. The van der Waals surface area contributed by atoms with Crippen molar-refractivity contribution >= 4 is 6.79 Å². The van der Waals surface area contributed by atoms with Crippen LogP contribution in [0, 0.1) is 0 Å². The fraction of sp³-hybridized carbons (Fsp3) is 0.611. The topological polar surface area (TPSA) is 38.8 Å². The van der Waals surface area contributed by atoms with Crippen LogP contribution in [-0.2, 0) is 9.53 Å². The Morgan fingerprint density at radius 1 is 0.952 bits per heavy atom. The van der Waals surface area contributed by atoms with Gasteiger partial charge in [-0.3, -0.25) is 0 Å². The van der Waals surface area contributed by atoms with Crippen molar-refractivity contribution < 1.29 is 14.3 Å². The highest BCUT2D eigenvalue weighted by molar-refractivity contribution is 5.20. The molecular weight excluding hydrogens is 264 g/mol. The summed E-state index contributed by atoms with van der Waals surface area (Å²) in [6, 6.07) is 10.1. The van der Waals surface area contributed by atoms with Crippen molar-refractivity contribution in [1.82, 2.24) is 0 Å². The number of para-hydroxylation sites is 1. The Morgan fingerprint density at radius 3 is 2.00 bits per heavy atom. The standard InChI is InChI=1S/C15H24O.C2H4O.CH2O/c1-2-3-4-5-6-7-11-14-16-15-12-9-8-10-13-15;1-2-3-1;1-2/h8-10,12-13H,2-7,11,14H2,1H3;1-2H2;1H2. The summed E-state index contributed by atoms with van der Waals surface area (Å²) in [6.07, 6.45) is 9.35. The molecule has 0 aromatic heterocycles. The van der Waals surface area contributed by atoms with E-state index >= 15 is 0 Å². The summed E-state index contributed by atoms with van der Waals surface area (Å²) < 4.78 is 10.1. The van der Waals surface area contributed by atoms with Crippen molar-refractivity contribution in [2.45, 2.75) is 51.9 Å². The Morgan fingerprint density at radius 2 is 1.48 bits per heavy atom. The Bertz CT molecular complexity index is 296. The number of hydrogen-bond donors (Lipinski definition) is 0. The Hall–Kier alpha value is -1.35. The van der Waals surface area contributed by atoms with Gasteiger partial charge in [-0.05, 0) is 18.6 Å². The van der Waals surface area contributed by atoms with Crippen molar-refractivity contribution in [3.63, 3.8) is 0 Å². The molecule has 1 heterocycles. The van der Waals surface area contributed by atoms with Crippen molar-refractivity contribution in [3.05, 3.63) is 30.3 Å². The van der Waals surface area contributed by atoms with Gasteiger partial charge in [0, 0.05) is 0 Å². The number of unbranched alkanes of at least 4 members (excludes halogenated alkanes) is 6. The summed E-state index contributed by atoms with van der Waals surface area (Å²) in [4.78, 5) is 8.00. The quantitative estimate of drug-likeness (QED) is 0.491. The minimum atomic E-state index is 0.859. The van der Waals surface area contributed by atoms with Gasteiger partial charge in [0.1, 0.15) is 12.5 Å². The van der Waals surface area contributed by atoms with E-state index < -0.39 is 0 Å². The highest BCUT2D eigenvalue weighted by atomic mass is 16.6. The zero-order valence-electron chi connectivity index (χ0n) is 13.4. The van der Waals surface area contributed by atoms with Gasteiger partial charge in [-0.2, -0.15) is 0 Å². The first kappa shape index (κ1) is 19.7. The van der Waals surface area contributed by atoms with Gasteiger partial charge in [0.15, 0.2) is 0 Å². The summed E-state index contributed by atoms with van der Waals surface area (Å²) >= 11 is 0. The predicted octanol–water partition coefficient (Wildman–Crippen LogP) is 4.65. The molecule has 3 heteroatoms. The summed E-state index contributed by atoms with van der Waals surface area (Å²) in [6.45, 7) is 7.12. The van der Waals surface area contributed by atoms with Crippen LogP contribution in [0.4, 0.5) is 0 Å². The van der Waals surface area contributed by atoms with Crippen LogP contribution in [0.2, 0.25) is 0 Å². The lowest BCUT2D eigenvalue weighted by Gasteiger charge is -2.05. The Balaban J connectivity index is 0.000000684.